The fraction of sp³-hybridized carbons (Fsp3) is 0.615. The lowest BCUT2D eigenvalue weighted by atomic mass is 9.83. The lowest BCUT2D eigenvalue weighted by Crippen LogP contribution is -2.44. The molecule has 0 amide bonds. The van der Waals surface area contributed by atoms with E-state index in [1.807, 2.05) is 26.1 Å². The molecule has 0 spiro atoms. The molecule has 1 N–H and O–H groups in total. The Morgan fingerprint density at radius 1 is 1.41 bits per heavy atom. The Balaban J connectivity index is 2.11. The number of nitrogens with zero attached hydrogens (tertiary/aromatic N) is 1. The first kappa shape index (κ1) is 13.0. The molecular weight excluding hydrogens is 282 g/mol. The molecule has 0 bridgehead atoms. The van der Waals surface area contributed by atoms with Crippen molar-refractivity contribution >= 4 is 15.9 Å². The van der Waals surface area contributed by atoms with E-state index in [0.29, 0.717) is 19.3 Å². The van der Waals surface area contributed by atoms with Crippen LogP contribution in [0.4, 0.5) is 0 Å². The number of halogens is 1. The van der Waals surface area contributed by atoms with E-state index < -0.39 is 5.60 Å². The number of rotatable bonds is 2. The number of pyridine rings is 1. The van der Waals surface area contributed by atoms with Gasteiger partial charge in [0.1, 0.15) is 0 Å². The first-order valence-electron chi connectivity index (χ1n) is 5.94. The van der Waals surface area contributed by atoms with Crippen LogP contribution < -0.4 is 0 Å². The number of ether oxygens (including phenoxy) is 1. The van der Waals surface area contributed by atoms with E-state index >= 15 is 0 Å². The van der Waals surface area contributed by atoms with Gasteiger partial charge in [0.2, 0.25) is 0 Å². The molecule has 2 rings (SSSR count). The molecule has 1 aromatic heterocycles. The summed E-state index contributed by atoms with van der Waals surface area (Å²) in [5.41, 5.74) is 0.391. The van der Waals surface area contributed by atoms with E-state index in [1.165, 1.54) is 0 Å². The van der Waals surface area contributed by atoms with Gasteiger partial charge in [-0.1, -0.05) is 0 Å². The van der Waals surface area contributed by atoms with E-state index in [0.717, 1.165) is 10.0 Å². The van der Waals surface area contributed by atoms with Crippen molar-refractivity contribution in [1.82, 2.24) is 4.98 Å². The third-order valence-corrected chi connectivity index (χ3v) is 3.53. The van der Waals surface area contributed by atoms with Crippen LogP contribution in [-0.4, -0.2) is 27.9 Å². The van der Waals surface area contributed by atoms with Crippen LogP contribution in [0.3, 0.4) is 0 Å². The van der Waals surface area contributed by atoms with Crippen molar-refractivity contribution < 1.29 is 9.84 Å². The van der Waals surface area contributed by atoms with E-state index in [9.17, 15) is 5.11 Å². The van der Waals surface area contributed by atoms with Crippen molar-refractivity contribution in [2.75, 3.05) is 0 Å². The number of aromatic nitrogens is 1. The summed E-state index contributed by atoms with van der Waals surface area (Å²) in [6.07, 6.45) is 5.80. The molecule has 17 heavy (non-hydrogen) atoms. The van der Waals surface area contributed by atoms with Crippen molar-refractivity contribution in [2.45, 2.75) is 50.9 Å². The van der Waals surface area contributed by atoms with Crippen molar-refractivity contribution in [1.29, 1.82) is 0 Å². The Hall–Kier alpha value is -0.450. The molecule has 0 radical (unpaired) electrons. The molecule has 3 nitrogen and oxygen atoms in total. The van der Waals surface area contributed by atoms with Crippen LogP contribution in [-0.2, 0) is 11.2 Å². The molecule has 2 heterocycles. The fourth-order valence-corrected chi connectivity index (χ4v) is 3.14. The second kappa shape index (κ2) is 5.04. The van der Waals surface area contributed by atoms with Crippen molar-refractivity contribution in [3.8, 4) is 0 Å². The van der Waals surface area contributed by atoms with Crippen LogP contribution >= 0.6 is 15.9 Å². The minimum absolute atomic E-state index is 0.115. The minimum atomic E-state index is -0.667. The molecule has 1 aliphatic rings. The zero-order valence-corrected chi connectivity index (χ0v) is 11.8. The normalized spacial score (nSPS) is 33.6. The van der Waals surface area contributed by atoms with Gasteiger partial charge < -0.3 is 9.84 Å². The molecular formula is C13H18BrNO2. The molecule has 1 saturated heterocycles. The second-order valence-corrected chi connectivity index (χ2v) is 5.99. The van der Waals surface area contributed by atoms with E-state index in [1.54, 1.807) is 6.20 Å². The van der Waals surface area contributed by atoms with Gasteiger partial charge in [0, 0.05) is 36.1 Å². The lowest BCUT2D eigenvalue weighted by Gasteiger charge is -2.39. The van der Waals surface area contributed by atoms with Crippen LogP contribution in [0, 0.1) is 0 Å². The fourth-order valence-electron chi connectivity index (χ4n) is 2.72. The third-order valence-electron chi connectivity index (χ3n) is 3.09. The molecule has 0 saturated carbocycles. The summed E-state index contributed by atoms with van der Waals surface area (Å²) in [6, 6.07) is 2.01. The first-order valence-corrected chi connectivity index (χ1v) is 6.73. The largest absolute Gasteiger partial charge is 0.389 e. The smallest absolute Gasteiger partial charge is 0.0737 e. The molecule has 2 atom stereocenters. The molecule has 1 fully saturated rings. The van der Waals surface area contributed by atoms with Crippen molar-refractivity contribution in [2.24, 2.45) is 0 Å². The van der Waals surface area contributed by atoms with Crippen molar-refractivity contribution in [3.05, 3.63) is 28.5 Å². The van der Waals surface area contributed by atoms with Gasteiger partial charge in [-0.25, -0.2) is 0 Å². The maximum atomic E-state index is 10.6. The maximum Gasteiger partial charge on any atom is 0.0737 e. The summed E-state index contributed by atoms with van der Waals surface area (Å²) in [5.74, 6) is 0. The van der Waals surface area contributed by atoms with E-state index in [4.69, 9.17) is 4.74 Å². The number of aliphatic hydroxyl groups is 1. The molecule has 1 aliphatic heterocycles. The molecule has 2 unspecified atom stereocenters. The molecule has 1 aromatic rings. The van der Waals surface area contributed by atoms with E-state index in [-0.39, 0.29) is 12.2 Å². The molecule has 4 heteroatoms. The monoisotopic (exact) mass is 299 g/mol. The first-order chi connectivity index (χ1) is 7.97. The van der Waals surface area contributed by atoms with Gasteiger partial charge >= 0.3 is 0 Å². The summed E-state index contributed by atoms with van der Waals surface area (Å²) < 4.78 is 6.61. The Kier molecular flexibility index (Phi) is 3.85. The van der Waals surface area contributed by atoms with Gasteiger partial charge in [0.25, 0.3) is 0 Å². The topological polar surface area (TPSA) is 42.4 Å². The van der Waals surface area contributed by atoms with Gasteiger partial charge in [0.05, 0.1) is 17.8 Å². The Bertz CT molecular complexity index is 387. The highest BCUT2D eigenvalue weighted by atomic mass is 79.9. The SMILES string of the molecule is CC1CC(O)(Cc2cncc(Br)c2)CC(C)O1. The highest BCUT2D eigenvalue weighted by Crippen LogP contribution is 2.31. The quantitative estimate of drug-likeness (QED) is 0.913. The molecule has 94 valence electrons. The Morgan fingerprint density at radius 3 is 2.65 bits per heavy atom. The zero-order chi connectivity index (χ0) is 12.5. The van der Waals surface area contributed by atoms with Gasteiger partial charge in [0.15, 0.2) is 0 Å². The van der Waals surface area contributed by atoms with Crippen LogP contribution in [0.15, 0.2) is 22.9 Å². The summed E-state index contributed by atoms with van der Waals surface area (Å²) >= 11 is 3.40. The Labute approximate surface area is 110 Å². The zero-order valence-electron chi connectivity index (χ0n) is 10.2. The predicted molar refractivity (Wildman–Crippen MR) is 69.8 cm³/mol. The number of hydrogen-bond acceptors (Lipinski definition) is 3. The summed E-state index contributed by atoms with van der Waals surface area (Å²) in [7, 11) is 0. The highest BCUT2D eigenvalue weighted by Gasteiger charge is 2.36. The maximum absolute atomic E-state index is 10.6. The third kappa shape index (κ3) is 3.50. The lowest BCUT2D eigenvalue weighted by molar-refractivity contribution is -0.130. The van der Waals surface area contributed by atoms with Gasteiger partial charge in [-0.2, -0.15) is 0 Å². The highest BCUT2D eigenvalue weighted by molar-refractivity contribution is 9.10. The van der Waals surface area contributed by atoms with Gasteiger partial charge in [-0.05, 0) is 41.4 Å². The minimum Gasteiger partial charge on any atom is -0.389 e. The second-order valence-electron chi connectivity index (χ2n) is 5.08. The van der Waals surface area contributed by atoms with Crippen LogP contribution in [0.25, 0.3) is 0 Å². The molecule has 0 aliphatic carbocycles. The average Bonchev–Trinajstić information content (AvgIpc) is 2.13. The van der Waals surface area contributed by atoms with Crippen LogP contribution in [0.2, 0.25) is 0 Å². The van der Waals surface area contributed by atoms with Gasteiger partial charge in [-0.15, -0.1) is 0 Å². The van der Waals surface area contributed by atoms with E-state index in [2.05, 4.69) is 20.9 Å². The van der Waals surface area contributed by atoms with Crippen molar-refractivity contribution in [3.63, 3.8) is 0 Å². The predicted octanol–water partition coefficient (Wildman–Crippen LogP) is 2.71. The summed E-state index contributed by atoms with van der Waals surface area (Å²) in [4.78, 5) is 4.13. The van der Waals surface area contributed by atoms with Gasteiger partial charge in [-0.3, -0.25) is 4.98 Å². The Morgan fingerprint density at radius 2 is 2.06 bits per heavy atom. The summed E-state index contributed by atoms with van der Waals surface area (Å²) in [5, 5.41) is 10.6. The number of hydrogen-bond donors (Lipinski definition) is 1. The van der Waals surface area contributed by atoms with Crippen LogP contribution in [0.5, 0.6) is 0 Å². The standard InChI is InChI=1S/C13H18BrNO2/c1-9-4-13(16,5-10(2)17-9)6-11-3-12(14)8-15-7-11/h3,7-10,16H,4-6H2,1-2H3. The average molecular weight is 300 g/mol. The van der Waals surface area contributed by atoms with Crippen LogP contribution in [0.1, 0.15) is 32.3 Å². The summed E-state index contributed by atoms with van der Waals surface area (Å²) in [6.45, 7) is 4.03. The molecule has 0 aromatic carbocycles.